The number of thiocarbonyl (C=S) groups is 1. The first-order valence-electron chi connectivity index (χ1n) is 7.36. The van der Waals surface area contributed by atoms with Crippen LogP contribution in [0.4, 0.5) is 5.69 Å². The van der Waals surface area contributed by atoms with Crippen molar-refractivity contribution in [1.29, 1.82) is 0 Å². The second-order valence-corrected chi connectivity index (χ2v) is 6.54. The molecule has 110 valence electrons. The van der Waals surface area contributed by atoms with E-state index in [9.17, 15) is 0 Å². The van der Waals surface area contributed by atoms with Crippen LogP contribution in [0, 0.1) is 5.41 Å². The van der Waals surface area contributed by atoms with Gasteiger partial charge in [-0.25, -0.2) is 0 Å². The lowest BCUT2D eigenvalue weighted by Gasteiger charge is -2.42. The Morgan fingerprint density at radius 1 is 1.30 bits per heavy atom. The molecular formula is C16H23ClN2S. The SMILES string of the molecule is CCC1(CC)CCN(c2cccc(Cl)c2C(N)=S)CC1. The zero-order valence-corrected chi connectivity index (χ0v) is 13.9. The molecule has 0 spiro atoms. The molecule has 2 rings (SSSR count). The van der Waals surface area contributed by atoms with Crippen LogP contribution in [0.5, 0.6) is 0 Å². The first kappa shape index (κ1) is 15.6. The van der Waals surface area contributed by atoms with Crippen LogP contribution in [0.15, 0.2) is 18.2 Å². The van der Waals surface area contributed by atoms with Crippen molar-refractivity contribution in [2.45, 2.75) is 39.5 Å². The molecule has 1 aromatic rings. The summed E-state index contributed by atoms with van der Waals surface area (Å²) < 4.78 is 0. The maximum Gasteiger partial charge on any atom is 0.107 e. The molecule has 1 aromatic carbocycles. The average Bonchev–Trinajstić information content (AvgIpc) is 2.46. The van der Waals surface area contributed by atoms with Gasteiger partial charge in [-0.15, -0.1) is 0 Å². The van der Waals surface area contributed by atoms with E-state index in [2.05, 4.69) is 24.8 Å². The van der Waals surface area contributed by atoms with Gasteiger partial charge >= 0.3 is 0 Å². The highest BCUT2D eigenvalue weighted by atomic mass is 35.5. The summed E-state index contributed by atoms with van der Waals surface area (Å²) in [5, 5.41) is 0.651. The van der Waals surface area contributed by atoms with E-state index in [4.69, 9.17) is 29.6 Å². The molecule has 1 aliphatic heterocycles. The summed E-state index contributed by atoms with van der Waals surface area (Å²) in [4.78, 5) is 2.76. The Hall–Kier alpha value is -0.800. The lowest BCUT2D eigenvalue weighted by molar-refractivity contribution is 0.199. The topological polar surface area (TPSA) is 29.3 Å². The fourth-order valence-corrected chi connectivity index (χ4v) is 3.74. The smallest absolute Gasteiger partial charge is 0.107 e. The normalized spacial score (nSPS) is 18.1. The summed E-state index contributed by atoms with van der Waals surface area (Å²) >= 11 is 11.4. The van der Waals surface area contributed by atoms with Crippen LogP contribution in [0.1, 0.15) is 45.1 Å². The van der Waals surface area contributed by atoms with E-state index in [0.717, 1.165) is 24.3 Å². The maximum atomic E-state index is 6.26. The van der Waals surface area contributed by atoms with Crippen molar-refractivity contribution in [3.05, 3.63) is 28.8 Å². The summed E-state index contributed by atoms with van der Waals surface area (Å²) in [7, 11) is 0. The van der Waals surface area contributed by atoms with E-state index in [1.165, 1.54) is 25.7 Å². The van der Waals surface area contributed by atoms with Crippen molar-refractivity contribution in [3.8, 4) is 0 Å². The van der Waals surface area contributed by atoms with Gasteiger partial charge in [0.2, 0.25) is 0 Å². The van der Waals surface area contributed by atoms with Crippen LogP contribution < -0.4 is 10.6 Å². The Balaban J connectivity index is 2.23. The minimum absolute atomic E-state index is 0.383. The molecule has 20 heavy (non-hydrogen) atoms. The molecule has 0 bridgehead atoms. The molecule has 0 aliphatic carbocycles. The maximum absolute atomic E-state index is 6.26. The van der Waals surface area contributed by atoms with Crippen LogP contribution in [-0.4, -0.2) is 18.1 Å². The second kappa shape index (κ2) is 6.31. The minimum atomic E-state index is 0.383. The Morgan fingerprint density at radius 3 is 2.40 bits per heavy atom. The number of nitrogens with two attached hydrogens (primary N) is 1. The summed E-state index contributed by atoms with van der Waals surface area (Å²) in [6, 6.07) is 5.90. The Morgan fingerprint density at radius 2 is 1.90 bits per heavy atom. The summed E-state index contributed by atoms with van der Waals surface area (Å²) in [5.74, 6) is 0. The van der Waals surface area contributed by atoms with E-state index in [1.54, 1.807) is 0 Å². The van der Waals surface area contributed by atoms with Crippen molar-refractivity contribution in [2.75, 3.05) is 18.0 Å². The molecule has 2 nitrogen and oxygen atoms in total. The number of benzene rings is 1. The Bertz CT molecular complexity index is 487. The number of rotatable bonds is 4. The highest BCUT2D eigenvalue weighted by Crippen LogP contribution is 2.40. The largest absolute Gasteiger partial charge is 0.389 e. The van der Waals surface area contributed by atoms with Crippen LogP contribution >= 0.6 is 23.8 Å². The molecule has 0 saturated carbocycles. The first-order chi connectivity index (χ1) is 9.53. The molecule has 0 atom stereocenters. The Kier molecular flexibility index (Phi) is 4.92. The van der Waals surface area contributed by atoms with Gasteiger partial charge in [-0.05, 0) is 30.4 Å². The predicted molar refractivity (Wildman–Crippen MR) is 91.8 cm³/mol. The quantitative estimate of drug-likeness (QED) is 0.837. The van der Waals surface area contributed by atoms with Crippen molar-refractivity contribution in [3.63, 3.8) is 0 Å². The van der Waals surface area contributed by atoms with Gasteiger partial charge in [-0.3, -0.25) is 0 Å². The van der Waals surface area contributed by atoms with Gasteiger partial charge in [0.25, 0.3) is 0 Å². The fraction of sp³-hybridized carbons (Fsp3) is 0.562. The summed E-state index contributed by atoms with van der Waals surface area (Å²) in [6.07, 6.45) is 4.97. The monoisotopic (exact) mass is 310 g/mol. The highest BCUT2D eigenvalue weighted by Gasteiger charge is 2.32. The number of anilines is 1. The lowest BCUT2D eigenvalue weighted by Crippen LogP contribution is -2.40. The molecular weight excluding hydrogens is 288 g/mol. The summed E-state index contributed by atoms with van der Waals surface area (Å²) in [5.41, 5.74) is 8.27. The molecule has 2 N–H and O–H groups in total. The number of hydrogen-bond acceptors (Lipinski definition) is 2. The van der Waals surface area contributed by atoms with Gasteiger partial charge in [0, 0.05) is 18.8 Å². The molecule has 1 aliphatic rings. The van der Waals surface area contributed by atoms with Gasteiger partial charge in [0.15, 0.2) is 0 Å². The van der Waals surface area contributed by atoms with Crippen LogP contribution in [0.25, 0.3) is 0 Å². The molecule has 0 aromatic heterocycles. The van der Waals surface area contributed by atoms with Gasteiger partial charge in [-0.1, -0.05) is 56.6 Å². The standard InChI is InChI=1S/C16H23ClN2S/c1-3-16(4-2)8-10-19(11-9-16)13-7-5-6-12(17)14(13)15(18)20/h5-7H,3-4,8-11H2,1-2H3,(H2,18,20). The van der Waals surface area contributed by atoms with Gasteiger partial charge in [0.05, 0.1) is 10.6 Å². The number of piperidine rings is 1. The molecule has 0 unspecified atom stereocenters. The third-order valence-electron chi connectivity index (χ3n) is 4.90. The Labute approximate surface area is 132 Å². The predicted octanol–water partition coefficient (Wildman–Crippen LogP) is 4.38. The molecule has 1 fully saturated rings. The molecule has 1 saturated heterocycles. The zero-order chi connectivity index (χ0) is 14.8. The van der Waals surface area contributed by atoms with Crippen LogP contribution in [-0.2, 0) is 0 Å². The number of halogens is 1. The van der Waals surface area contributed by atoms with E-state index in [1.807, 2.05) is 12.1 Å². The molecule has 1 heterocycles. The van der Waals surface area contributed by atoms with Crippen molar-refractivity contribution in [1.82, 2.24) is 0 Å². The van der Waals surface area contributed by atoms with Gasteiger partial charge < -0.3 is 10.6 Å². The highest BCUT2D eigenvalue weighted by molar-refractivity contribution is 7.80. The van der Waals surface area contributed by atoms with Gasteiger partial charge in [-0.2, -0.15) is 0 Å². The van der Waals surface area contributed by atoms with Gasteiger partial charge in [0.1, 0.15) is 4.99 Å². The summed E-state index contributed by atoms with van der Waals surface area (Å²) in [6.45, 7) is 6.72. The molecule has 0 radical (unpaired) electrons. The average molecular weight is 311 g/mol. The second-order valence-electron chi connectivity index (χ2n) is 5.69. The molecule has 4 heteroatoms. The fourth-order valence-electron chi connectivity index (χ4n) is 3.20. The third kappa shape index (κ3) is 2.94. The van der Waals surface area contributed by atoms with Crippen molar-refractivity contribution in [2.24, 2.45) is 11.1 Å². The van der Waals surface area contributed by atoms with E-state index in [0.29, 0.717) is 15.4 Å². The number of nitrogens with zero attached hydrogens (tertiary/aromatic N) is 1. The van der Waals surface area contributed by atoms with E-state index < -0.39 is 0 Å². The zero-order valence-electron chi connectivity index (χ0n) is 12.3. The third-order valence-corrected chi connectivity index (χ3v) is 5.42. The lowest BCUT2D eigenvalue weighted by atomic mass is 9.74. The minimum Gasteiger partial charge on any atom is -0.389 e. The van der Waals surface area contributed by atoms with Crippen LogP contribution in [0.3, 0.4) is 0 Å². The first-order valence-corrected chi connectivity index (χ1v) is 8.15. The molecule has 0 amide bonds. The number of hydrogen-bond donors (Lipinski definition) is 1. The van der Waals surface area contributed by atoms with E-state index in [-0.39, 0.29) is 0 Å². The van der Waals surface area contributed by atoms with Crippen LogP contribution in [0.2, 0.25) is 5.02 Å². The van der Waals surface area contributed by atoms with Crippen molar-refractivity contribution < 1.29 is 0 Å². The van der Waals surface area contributed by atoms with E-state index >= 15 is 0 Å². The van der Waals surface area contributed by atoms with Crippen molar-refractivity contribution >= 4 is 34.5 Å².